The summed E-state index contributed by atoms with van der Waals surface area (Å²) >= 11 is 1.61. The lowest BCUT2D eigenvalue weighted by Crippen LogP contribution is -2.14. The number of aromatic amines is 1. The molecule has 1 aromatic heterocycles. The maximum Gasteiger partial charge on any atom is 0.305 e. The Morgan fingerprint density at radius 3 is 2.74 bits per heavy atom. The van der Waals surface area contributed by atoms with E-state index in [0.29, 0.717) is 11.8 Å². The molecule has 0 radical (unpaired) electrons. The van der Waals surface area contributed by atoms with Gasteiger partial charge in [-0.25, -0.2) is 0 Å². The van der Waals surface area contributed by atoms with Gasteiger partial charge >= 0.3 is 5.97 Å². The number of H-pyrrole nitrogens is 1. The van der Waals surface area contributed by atoms with Crippen LogP contribution in [0.5, 0.6) is 11.5 Å². The van der Waals surface area contributed by atoms with Crippen LogP contribution in [0.2, 0.25) is 0 Å². The number of nitrogens with one attached hydrogen (secondary N) is 2. The third-order valence-electron chi connectivity index (χ3n) is 5.75. The van der Waals surface area contributed by atoms with Crippen LogP contribution in [0.1, 0.15) is 37.8 Å². The van der Waals surface area contributed by atoms with Gasteiger partial charge in [-0.3, -0.25) is 9.79 Å². The molecule has 0 amide bonds. The van der Waals surface area contributed by atoms with Crippen LogP contribution in [0.4, 0.5) is 5.69 Å². The van der Waals surface area contributed by atoms with Crippen molar-refractivity contribution in [2.24, 2.45) is 4.99 Å². The minimum Gasteiger partial charge on any atom is -0.481 e. The first-order valence-corrected chi connectivity index (χ1v) is 11.7. The zero-order valence-electron chi connectivity index (χ0n) is 17.1. The highest BCUT2D eigenvalue weighted by molar-refractivity contribution is 8.14. The Bertz CT molecular complexity index is 1120. The monoisotopic (exact) mass is 435 g/mol. The van der Waals surface area contributed by atoms with Gasteiger partial charge in [0.15, 0.2) is 0 Å². The summed E-state index contributed by atoms with van der Waals surface area (Å²) in [5.74, 6) is 1.48. The number of ether oxygens (including phenoxy) is 1. The Labute approximate surface area is 185 Å². The first-order valence-electron chi connectivity index (χ1n) is 10.7. The molecule has 0 saturated heterocycles. The Morgan fingerprint density at radius 1 is 1.16 bits per heavy atom. The lowest BCUT2D eigenvalue weighted by molar-refractivity contribution is -0.137. The molecule has 1 fully saturated rings. The fraction of sp³-hybridized carbons (Fsp3) is 0.333. The Hall–Kier alpha value is -2.93. The maximum atomic E-state index is 11.0. The second kappa shape index (κ2) is 8.67. The zero-order chi connectivity index (χ0) is 21.2. The average Bonchev–Trinajstić information content (AvgIpc) is 3.49. The molecular weight excluding hydrogens is 410 g/mol. The van der Waals surface area contributed by atoms with Gasteiger partial charge in [-0.15, -0.1) is 11.8 Å². The number of nitrogens with zero attached hydrogens (tertiary/aromatic N) is 1. The highest BCUT2D eigenvalue weighted by Crippen LogP contribution is 2.36. The normalized spacial score (nSPS) is 19.0. The standard InChI is InChI=1S/C24H25N3O3S/c28-22(29)12-17-14-31-24(26-17)21-11-15-10-19(30-18-8-2-1-3-9-18)13-20(23(15)27-21)25-16-6-4-5-7-16/h1-3,8-11,13,16-17,25,27H,4-7,12,14H2,(H,28,29)/t17-/m0/s1. The number of carboxylic acids is 1. The lowest BCUT2D eigenvalue weighted by atomic mass is 10.1. The molecule has 3 aromatic rings. The van der Waals surface area contributed by atoms with Crippen LogP contribution in [0.3, 0.4) is 0 Å². The number of fused-ring (bicyclic) bond motifs is 1. The number of carboxylic acid groups (broad SMARTS) is 1. The third kappa shape index (κ3) is 4.56. The summed E-state index contributed by atoms with van der Waals surface area (Å²) in [7, 11) is 0. The second-order valence-electron chi connectivity index (χ2n) is 8.16. The van der Waals surface area contributed by atoms with Crippen molar-refractivity contribution in [3.8, 4) is 11.5 Å². The van der Waals surface area contributed by atoms with E-state index in [1.807, 2.05) is 36.4 Å². The number of aromatic nitrogens is 1. The molecule has 6 nitrogen and oxygen atoms in total. The number of carbonyl (C=O) groups is 1. The van der Waals surface area contributed by atoms with Crippen LogP contribution in [-0.2, 0) is 4.79 Å². The summed E-state index contributed by atoms with van der Waals surface area (Å²) in [6.45, 7) is 0. The van der Waals surface area contributed by atoms with E-state index in [9.17, 15) is 4.79 Å². The molecule has 1 atom stereocenters. The first kappa shape index (κ1) is 20.0. The molecule has 1 aliphatic carbocycles. The molecule has 0 bridgehead atoms. The third-order valence-corrected chi connectivity index (χ3v) is 6.90. The zero-order valence-corrected chi connectivity index (χ0v) is 18.0. The largest absolute Gasteiger partial charge is 0.481 e. The topological polar surface area (TPSA) is 86.7 Å². The molecule has 2 aromatic carbocycles. The molecule has 31 heavy (non-hydrogen) atoms. The highest BCUT2D eigenvalue weighted by atomic mass is 32.2. The molecule has 2 aliphatic rings. The van der Waals surface area contributed by atoms with Gasteiger partial charge in [0.25, 0.3) is 0 Å². The van der Waals surface area contributed by atoms with E-state index in [1.165, 1.54) is 25.7 Å². The number of aliphatic carboxylic acids is 1. The molecule has 0 spiro atoms. The van der Waals surface area contributed by atoms with Gasteiger partial charge in [0.05, 0.1) is 29.4 Å². The van der Waals surface area contributed by atoms with E-state index in [2.05, 4.69) is 27.4 Å². The van der Waals surface area contributed by atoms with Crippen molar-refractivity contribution >= 4 is 39.4 Å². The van der Waals surface area contributed by atoms with Crippen molar-refractivity contribution < 1.29 is 14.6 Å². The molecule has 2 heterocycles. The predicted octanol–water partition coefficient (Wildman–Crippen LogP) is 5.65. The number of hydrogen-bond donors (Lipinski definition) is 3. The number of para-hydroxylation sites is 1. The van der Waals surface area contributed by atoms with Gasteiger partial charge in [0, 0.05) is 23.2 Å². The molecule has 3 N–H and O–H groups in total. The minimum absolute atomic E-state index is 0.0697. The number of aliphatic imine (C=N–C) groups is 1. The van der Waals surface area contributed by atoms with Gasteiger partial charge in [-0.2, -0.15) is 0 Å². The Kier molecular flexibility index (Phi) is 5.59. The summed E-state index contributed by atoms with van der Waals surface area (Å²) in [6.07, 6.45) is 4.95. The average molecular weight is 436 g/mol. The van der Waals surface area contributed by atoms with Crippen molar-refractivity contribution in [2.75, 3.05) is 11.1 Å². The fourth-order valence-electron chi connectivity index (χ4n) is 4.29. The molecule has 1 saturated carbocycles. The van der Waals surface area contributed by atoms with Crippen LogP contribution >= 0.6 is 11.8 Å². The van der Waals surface area contributed by atoms with Gasteiger partial charge in [-0.05, 0) is 37.1 Å². The number of benzene rings is 2. The summed E-state index contributed by atoms with van der Waals surface area (Å²) in [5.41, 5.74) is 3.00. The van der Waals surface area contributed by atoms with Gasteiger partial charge in [-0.1, -0.05) is 31.0 Å². The van der Waals surface area contributed by atoms with E-state index >= 15 is 0 Å². The van der Waals surface area contributed by atoms with Crippen molar-refractivity contribution in [3.63, 3.8) is 0 Å². The van der Waals surface area contributed by atoms with Crippen molar-refractivity contribution in [2.45, 2.75) is 44.2 Å². The summed E-state index contributed by atoms with van der Waals surface area (Å²) < 4.78 is 6.13. The van der Waals surface area contributed by atoms with Crippen LogP contribution < -0.4 is 10.1 Å². The van der Waals surface area contributed by atoms with Crippen LogP contribution in [-0.4, -0.2) is 38.9 Å². The van der Waals surface area contributed by atoms with E-state index in [-0.39, 0.29) is 12.5 Å². The van der Waals surface area contributed by atoms with Crippen LogP contribution in [0.25, 0.3) is 10.9 Å². The van der Waals surface area contributed by atoms with Gasteiger partial charge in [0.1, 0.15) is 16.5 Å². The Morgan fingerprint density at radius 2 is 1.97 bits per heavy atom. The van der Waals surface area contributed by atoms with E-state index < -0.39 is 5.97 Å². The number of anilines is 1. The predicted molar refractivity (Wildman–Crippen MR) is 126 cm³/mol. The highest BCUT2D eigenvalue weighted by Gasteiger charge is 2.24. The second-order valence-corrected chi connectivity index (χ2v) is 9.16. The maximum absolute atomic E-state index is 11.0. The molecule has 1 aliphatic heterocycles. The van der Waals surface area contributed by atoms with Crippen LogP contribution in [0.15, 0.2) is 53.5 Å². The van der Waals surface area contributed by atoms with Crippen molar-refractivity contribution in [1.82, 2.24) is 4.98 Å². The van der Waals surface area contributed by atoms with Crippen LogP contribution in [0, 0.1) is 0 Å². The smallest absolute Gasteiger partial charge is 0.305 e. The van der Waals surface area contributed by atoms with Gasteiger partial charge in [0.2, 0.25) is 0 Å². The number of hydrogen-bond acceptors (Lipinski definition) is 5. The van der Waals surface area contributed by atoms with Gasteiger partial charge < -0.3 is 20.1 Å². The molecule has 5 rings (SSSR count). The Balaban J connectivity index is 1.49. The molecular formula is C24H25N3O3S. The summed E-state index contributed by atoms with van der Waals surface area (Å²) in [6, 6.07) is 16.3. The quantitative estimate of drug-likeness (QED) is 0.446. The van der Waals surface area contributed by atoms with E-state index in [4.69, 9.17) is 9.84 Å². The number of thioether (sulfide) groups is 1. The molecule has 0 unspecified atom stereocenters. The summed E-state index contributed by atoms with van der Waals surface area (Å²) in [5, 5.41) is 14.7. The summed E-state index contributed by atoms with van der Waals surface area (Å²) in [4.78, 5) is 19.2. The van der Waals surface area contributed by atoms with E-state index in [0.717, 1.165) is 38.8 Å². The van der Waals surface area contributed by atoms with E-state index in [1.54, 1.807) is 11.8 Å². The molecule has 160 valence electrons. The SMILES string of the molecule is O=C(O)C[C@H]1CSC(c2cc3cc(Oc4ccccc4)cc(NC4CCCC4)c3[nH]2)=N1. The minimum atomic E-state index is -0.807. The van der Waals surface area contributed by atoms with Crippen molar-refractivity contribution in [3.05, 3.63) is 54.2 Å². The fourth-order valence-corrected chi connectivity index (χ4v) is 5.32. The first-order chi connectivity index (χ1) is 15.1. The molecule has 7 heteroatoms. The lowest BCUT2D eigenvalue weighted by Gasteiger charge is -2.16. The van der Waals surface area contributed by atoms with Crippen molar-refractivity contribution in [1.29, 1.82) is 0 Å². The number of rotatable bonds is 7.